The largest absolute Gasteiger partial charge is 0.497 e. The first-order valence-corrected chi connectivity index (χ1v) is 12.3. The molecule has 0 radical (unpaired) electrons. The molecule has 4 rings (SSSR count). The number of methoxy groups -OCH3 is 1. The molecule has 33 heavy (non-hydrogen) atoms. The van der Waals surface area contributed by atoms with E-state index in [0.717, 1.165) is 31.5 Å². The summed E-state index contributed by atoms with van der Waals surface area (Å²) in [7, 11) is -2.35. The van der Waals surface area contributed by atoms with Crippen molar-refractivity contribution in [1.29, 1.82) is 0 Å². The predicted octanol–water partition coefficient (Wildman–Crippen LogP) is 4.28. The lowest BCUT2D eigenvalue weighted by Gasteiger charge is -2.22. The van der Waals surface area contributed by atoms with Crippen molar-refractivity contribution in [3.05, 3.63) is 78.4 Å². The van der Waals surface area contributed by atoms with E-state index in [0.29, 0.717) is 22.8 Å². The van der Waals surface area contributed by atoms with Crippen molar-refractivity contribution in [2.45, 2.75) is 24.2 Å². The third-order valence-electron chi connectivity index (χ3n) is 5.53. The quantitative estimate of drug-likeness (QED) is 0.519. The molecule has 8 heteroatoms. The standard InChI is InChI=1S/C25H27N3O4S/c1-32-22-12-9-20(10-13-22)27-33(30,31)24-18-21(11-14-23(24)28-15-5-6-16-28)26-25(29)17-19-7-3-2-4-8-19/h2-4,7-14,18,27H,5-6,15-17H2,1H3,(H,26,29). The highest BCUT2D eigenvalue weighted by atomic mass is 32.2. The molecule has 2 N–H and O–H groups in total. The third kappa shape index (κ3) is 5.64. The highest BCUT2D eigenvalue weighted by molar-refractivity contribution is 7.92. The second-order valence-electron chi connectivity index (χ2n) is 7.92. The van der Waals surface area contributed by atoms with Crippen molar-refractivity contribution in [1.82, 2.24) is 0 Å². The molecule has 1 amide bonds. The van der Waals surface area contributed by atoms with Gasteiger partial charge in [-0.05, 0) is 60.9 Å². The number of rotatable bonds is 8. The molecule has 3 aromatic rings. The molecule has 7 nitrogen and oxygen atoms in total. The van der Waals surface area contributed by atoms with E-state index in [4.69, 9.17) is 4.74 Å². The number of benzene rings is 3. The molecule has 3 aromatic carbocycles. The molecule has 1 saturated heterocycles. The maximum absolute atomic E-state index is 13.4. The van der Waals surface area contributed by atoms with E-state index >= 15 is 0 Å². The van der Waals surface area contributed by atoms with Gasteiger partial charge in [-0.2, -0.15) is 0 Å². The molecule has 0 aliphatic carbocycles. The molecule has 0 unspecified atom stereocenters. The van der Waals surface area contributed by atoms with E-state index in [1.54, 1.807) is 43.5 Å². The van der Waals surface area contributed by atoms with Gasteiger partial charge in [-0.1, -0.05) is 30.3 Å². The number of ether oxygens (including phenoxy) is 1. The van der Waals surface area contributed by atoms with Crippen LogP contribution in [0.25, 0.3) is 0 Å². The Morgan fingerprint density at radius 2 is 1.61 bits per heavy atom. The molecular weight excluding hydrogens is 438 g/mol. The maximum Gasteiger partial charge on any atom is 0.264 e. The van der Waals surface area contributed by atoms with Gasteiger partial charge in [0.2, 0.25) is 5.91 Å². The van der Waals surface area contributed by atoms with Gasteiger partial charge in [0, 0.05) is 24.5 Å². The van der Waals surface area contributed by atoms with Crippen molar-refractivity contribution in [3.8, 4) is 5.75 Å². The SMILES string of the molecule is COc1ccc(NS(=O)(=O)c2cc(NC(=O)Cc3ccccc3)ccc2N2CCCC2)cc1. The number of anilines is 3. The fourth-order valence-electron chi connectivity index (χ4n) is 3.88. The molecular formula is C25H27N3O4S. The fourth-order valence-corrected chi connectivity index (χ4v) is 5.19. The summed E-state index contributed by atoms with van der Waals surface area (Å²) < 4.78 is 34.6. The Kier molecular flexibility index (Phi) is 6.84. The van der Waals surface area contributed by atoms with Crippen molar-refractivity contribution in [3.63, 3.8) is 0 Å². The van der Waals surface area contributed by atoms with Gasteiger partial charge in [-0.3, -0.25) is 9.52 Å². The van der Waals surface area contributed by atoms with Crippen LogP contribution in [0.1, 0.15) is 18.4 Å². The van der Waals surface area contributed by atoms with Crippen molar-refractivity contribution >= 4 is 33.0 Å². The number of sulfonamides is 1. The lowest BCUT2D eigenvalue weighted by Crippen LogP contribution is -2.23. The number of hydrogen-bond acceptors (Lipinski definition) is 5. The first-order chi connectivity index (χ1) is 15.9. The van der Waals surface area contributed by atoms with Crippen LogP contribution in [-0.4, -0.2) is 34.5 Å². The summed E-state index contributed by atoms with van der Waals surface area (Å²) in [5.41, 5.74) is 2.39. The number of hydrogen-bond donors (Lipinski definition) is 2. The molecule has 1 aliphatic rings. The monoisotopic (exact) mass is 465 g/mol. The number of carbonyl (C=O) groups excluding carboxylic acids is 1. The van der Waals surface area contributed by atoms with Gasteiger partial charge in [0.15, 0.2) is 0 Å². The molecule has 0 aromatic heterocycles. The second-order valence-corrected chi connectivity index (χ2v) is 9.57. The van der Waals surface area contributed by atoms with E-state index < -0.39 is 10.0 Å². The number of amides is 1. The zero-order valence-electron chi connectivity index (χ0n) is 18.5. The summed E-state index contributed by atoms with van der Waals surface area (Å²) in [6, 6.07) is 21.2. The van der Waals surface area contributed by atoms with Gasteiger partial charge in [0.05, 0.1) is 19.2 Å². The van der Waals surface area contributed by atoms with Crippen LogP contribution in [0.3, 0.4) is 0 Å². The van der Waals surface area contributed by atoms with Crippen LogP contribution in [0.2, 0.25) is 0 Å². The average Bonchev–Trinajstić information content (AvgIpc) is 3.35. The van der Waals surface area contributed by atoms with Crippen molar-refractivity contribution in [2.24, 2.45) is 0 Å². The van der Waals surface area contributed by atoms with E-state index in [1.807, 2.05) is 30.3 Å². The third-order valence-corrected chi connectivity index (χ3v) is 6.94. The minimum Gasteiger partial charge on any atom is -0.497 e. The number of nitrogens with zero attached hydrogens (tertiary/aromatic N) is 1. The Labute approximate surface area is 194 Å². The predicted molar refractivity (Wildman–Crippen MR) is 130 cm³/mol. The summed E-state index contributed by atoms with van der Waals surface area (Å²) in [4.78, 5) is 14.7. The van der Waals surface area contributed by atoms with E-state index in [-0.39, 0.29) is 17.2 Å². The van der Waals surface area contributed by atoms with E-state index in [2.05, 4.69) is 14.9 Å². The summed E-state index contributed by atoms with van der Waals surface area (Å²) in [6.07, 6.45) is 2.24. The first-order valence-electron chi connectivity index (χ1n) is 10.8. The van der Waals surface area contributed by atoms with Crippen LogP contribution < -0.4 is 19.7 Å². The molecule has 1 aliphatic heterocycles. The lowest BCUT2D eigenvalue weighted by atomic mass is 10.1. The van der Waals surface area contributed by atoms with Crippen LogP contribution in [0.5, 0.6) is 5.75 Å². The highest BCUT2D eigenvalue weighted by Crippen LogP contribution is 2.32. The van der Waals surface area contributed by atoms with Gasteiger partial charge in [-0.25, -0.2) is 8.42 Å². The molecule has 172 valence electrons. The molecule has 0 saturated carbocycles. The van der Waals surface area contributed by atoms with Crippen molar-refractivity contribution in [2.75, 3.05) is 35.1 Å². The summed E-state index contributed by atoms with van der Waals surface area (Å²) in [6.45, 7) is 1.59. The Hall–Kier alpha value is -3.52. The number of nitrogens with one attached hydrogen (secondary N) is 2. The molecule has 1 heterocycles. The van der Waals surface area contributed by atoms with Crippen LogP contribution in [0.15, 0.2) is 77.7 Å². The number of carbonyl (C=O) groups is 1. The smallest absolute Gasteiger partial charge is 0.264 e. The Balaban J connectivity index is 1.61. The van der Waals surface area contributed by atoms with Crippen LogP contribution >= 0.6 is 0 Å². The zero-order valence-corrected chi connectivity index (χ0v) is 19.3. The van der Waals surface area contributed by atoms with E-state index in [1.165, 1.54) is 6.07 Å². The van der Waals surface area contributed by atoms with E-state index in [9.17, 15) is 13.2 Å². The minimum atomic E-state index is -3.90. The van der Waals surface area contributed by atoms with Gasteiger partial charge in [-0.15, -0.1) is 0 Å². The normalized spacial score (nSPS) is 13.5. The average molecular weight is 466 g/mol. The van der Waals surface area contributed by atoms with Gasteiger partial charge >= 0.3 is 0 Å². The molecule has 0 atom stereocenters. The second kappa shape index (κ2) is 9.95. The summed E-state index contributed by atoms with van der Waals surface area (Å²) in [5.74, 6) is 0.431. The summed E-state index contributed by atoms with van der Waals surface area (Å²) in [5, 5.41) is 2.83. The zero-order chi connectivity index (χ0) is 23.3. The first kappa shape index (κ1) is 22.7. The Bertz CT molecular complexity index is 1210. The highest BCUT2D eigenvalue weighted by Gasteiger charge is 2.25. The van der Waals surface area contributed by atoms with Gasteiger partial charge < -0.3 is 15.0 Å². The maximum atomic E-state index is 13.4. The van der Waals surface area contributed by atoms with Crippen LogP contribution in [0.4, 0.5) is 17.1 Å². The van der Waals surface area contributed by atoms with Crippen molar-refractivity contribution < 1.29 is 17.9 Å². The van der Waals surface area contributed by atoms with Gasteiger partial charge in [0.1, 0.15) is 10.6 Å². The Morgan fingerprint density at radius 1 is 0.939 bits per heavy atom. The minimum absolute atomic E-state index is 0.137. The van der Waals surface area contributed by atoms with Crippen LogP contribution in [0, 0.1) is 0 Å². The van der Waals surface area contributed by atoms with Gasteiger partial charge in [0.25, 0.3) is 10.0 Å². The molecule has 0 spiro atoms. The molecule has 1 fully saturated rings. The molecule has 0 bridgehead atoms. The lowest BCUT2D eigenvalue weighted by molar-refractivity contribution is -0.115. The Morgan fingerprint density at radius 3 is 2.27 bits per heavy atom. The van der Waals surface area contributed by atoms with Crippen LogP contribution in [-0.2, 0) is 21.2 Å². The fraction of sp³-hybridized carbons (Fsp3) is 0.240. The topological polar surface area (TPSA) is 87.7 Å². The summed E-state index contributed by atoms with van der Waals surface area (Å²) >= 11 is 0.